The number of piperazine rings is 1. The minimum atomic E-state index is -4.50. The van der Waals surface area contributed by atoms with Crippen LogP contribution < -0.4 is 10.6 Å². The largest absolute Gasteiger partial charge is 0.418 e. The third-order valence-electron chi connectivity index (χ3n) is 3.52. The maximum Gasteiger partial charge on any atom is 0.418 e. The molecule has 2 amide bonds. The molecule has 1 aromatic carbocycles. The first-order chi connectivity index (χ1) is 9.72. The van der Waals surface area contributed by atoms with Crippen LogP contribution in [0.3, 0.4) is 0 Å². The summed E-state index contributed by atoms with van der Waals surface area (Å²) in [6.07, 6.45) is -4.50. The molecule has 1 saturated heterocycles. The average molecular weight is 301 g/mol. The van der Waals surface area contributed by atoms with Crippen molar-refractivity contribution in [1.82, 2.24) is 10.2 Å². The highest BCUT2D eigenvalue weighted by molar-refractivity contribution is 5.90. The normalized spacial score (nSPS) is 18.4. The molecule has 1 aromatic rings. The zero-order valence-corrected chi connectivity index (χ0v) is 11.9. The van der Waals surface area contributed by atoms with Gasteiger partial charge in [0.15, 0.2) is 0 Å². The van der Waals surface area contributed by atoms with E-state index < -0.39 is 23.3 Å². The molecular formula is C14H18F3N3O. The van der Waals surface area contributed by atoms with Gasteiger partial charge in [0.2, 0.25) is 0 Å². The van der Waals surface area contributed by atoms with Gasteiger partial charge in [-0.2, -0.15) is 13.2 Å². The lowest BCUT2D eigenvalue weighted by atomic mass is 10.0. The number of para-hydroxylation sites is 1. The number of alkyl halides is 3. The Kier molecular flexibility index (Phi) is 4.13. The molecule has 0 unspecified atom stereocenters. The highest BCUT2D eigenvalue weighted by atomic mass is 19.4. The Hall–Kier alpha value is -1.76. The lowest BCUT2D eigenvalue weighted by Gasteiger charge is -2.42. The van der Waals surface area contributed by atoms with Crippen molar-refractivity contribution in [1.29, 1.82) is 0 Å². The minimum Gasteiger partial charge on any atom is -0.317 e. The number of carbonyl (C=O) groups is 1. The van der Waals surface area contributed by atoms with Gasteiger partial charge in [-0.3, -0.25) is 0 Å². The van der Waals surface area contributed by atoms with Crippen molar-refractivity contribution in [3.05, 3.63) is 29.8 Å². The second-order valence-corrected chi connectivity index (χ2v) is 5.61. The number of urea groups is 1. The van der Waals surface area contributed by atoms with E-state index in [1.165, 1.54) is 18.2 Å². The molecular weight excluding hydrogens is 283 g/mol. The number of hydrogen-bond donors (Lipinski definition) is 2. The summed E-state index contributed by atoms with van der Waals surface area (Å²) in [7, 11) is 0. The number of amides is 2. The van der Waals surface area contributed by atoms with Crippen molar-refractivity contribution in [2.45, 2.75) is 25.6 Å². The molecule has 1 aliphatic heterocycles. The lowest BCUT2D eigenvalue weighted by Crippen LogP contribution is -2.60. The molecule has 21 heavy (non-hydrogen) atoms. The van der Waals surface area contributed by atoms with Gasteiger partial charge < -0.3 is 15.5 Å². The molecule has 0 radical (unpaired) electrons. The van der Waals surface area contributed by atoms with Gasteiger partial charge in [0.25, 0.3) is 0 Å². The van der Waals surface area contributed by atoms with Crippen LogP contribution >= 0.6 is 0 Å². The van der Waals surface area contributed by atoms with E-state index in [1.807, 2.05) is 13.8 Å². The summed E-state index contributed by atoms with van der Waals surface area (Å²) in [5.41, 5.74) is -1.51. The molecule has 0 atom stereocenters. The Morgan fingerprint density at radius 2 is 2.00 bits per heavy atom. The first-order valence-corrected chi connectivity index (χ1v) is 6.67. The molecule has 0 aromatic heterocycles. The van der Waals surface area contributed by atoms with Gasteiger partial charge in [0, 0.05) is 19.6 Å². The zero-order chi connectivity index (χ0) is 15.7. The van der Waals surface area contributed by atoms with Gasteiger partial charge in [0.05, 0.1) is 16.8 Å². The number of nitrogens with one attached hydrogen (secondary N) is 2. The molecule has 1 aliphatic rings. The summed E-state index contributed by atoms with van der Waals surface area (Å²) in [5, 5.41) is 5.54. The third kappa shape index (κ3) is 3.47. The van der Waals surface area contributed by atoms with Crippen LogP contribution in [0.25, 0.3) is 0 Å². The van der Waals surface area contributed by atoms with Crippen LogP contribution in [0.1, 0.15) is 19.4 Å². The van der Waals surface area contributed by atoms with E-state index in [2.05, 4.69) is 10.6 Å². The Morgan fingerprint density at radius 1 is 1.33 bits per heavy atom. The molecule has 1 fully saturated rings. The minimum absolute atomic E-state index is 0.218. The Morgan fingerprint density at radius 3 is 2.62 bits per heavy atom. The maximum absolute atomic E-state index is 12.9. The quantitative estimate of drug-likeness (QED) is 0.837. The van der Waals surface area contributed by atoms with Crippen LogP contribution in [-0.2, 0) is 6.18 Å². The van der Waals surface area contributed by atoms with E-state index in [4.69, 9.17) is 0 Å². The molecule has 2 rings (SSSR count). The fourth-order valence-electron chi connectivity index (χ4n) is 2.38. The van der Waals surface area contributed by atoms with Crippen molar-refractivity contribution in [2.75, 3.05) is 25.0 Å². The molecule has 4 nitrogen and oxygen atoms in total. The summed E-state index contributed by atoms with van der Waals surface area (Å²) < 4.78 is 38.8. The monoisotopic (exact) mass is 301 g/mol. The van der Waals surface area contributed by atoms with Crippen molar-refractivity contribution < 1.29 is 18.0 Å². The highest BCUT2D eigenvalue weighted by Crippen LogP contribution is 2.34. The highest BCUT2D eigenvalue weighted by Gasteiger charge is 2.36. The van der Waals surface area contributed by atoms with Crippen LogP contribution in [-0.4, -0.2) is 36.1 Å². The van der Waals surface area contributed by atoms with Crippen LogP contribution in [0.5, 0.6) is 0 Å². The van der Waals surface area contributed by atoms with Crippen LogP contribution in [0.2, 0.25) is 0 Å². The van der Waals surface area contributed by atoms with Gasteiger partial charge in [-0.25, -0.2) is 4.79 Å². The molecule has 0 bridgehead atoms. The number of anilines is 1. The summed E-state index contributed by atoms with van der Waals surface area (Å²) in [6.45, 7) is 5.41. The van der Waals surface area contributed by atoms with Crippen molar-refractivity contribution in [3.63, 3.8) is 0 Å². The number of nitrogens with zero attached hydrogens (tertiary/aromatic N) is 1. The van der Waals surface area contributed by atoms with Gasteiger partial charge in [0.1, 0.15) is 0 Å². The van der Waals surface area contributed by atoms with Crippen LogP contribution in [0.15, 0.2) is 24.3 Å². The van der Waals surface area contributed by atoms with Crippen molar-refractivity contribution in [2.24, 2.45) is 0 Å². The van der Waals surface area contributed by atoms with E-state index in [-0.39, 0.29) is 5.69 Å². The van der Waals surface area contributed by atoms with Crippen LogP contribution in [0, 0.1) is 0 Å². The van der Waals surface area contributed by atoms with E-state index in [0.717, 1.165) is 6.07 Å². The smallest absolute Gasteiger partial charge is 0.317 e. The Bertz CT molecular complexity index is 528. The summed E-state index contributed by atoms with van der Waals surface area (Å²) in [5.74, 6) is 0. The molecule has 0 saturated carbocycles. The summed E-state index contributed by atoms with van der Waals surface area (Å²) in [6, 6.07) is 4.47. The zero-order valence-electron chi connectivity index (χ0n) is 11.9. The van der Waals surface area contributed by atoms with E-state index in [0.29, 0.717) is 19.6 Å². The summed E-state index contributed by atoms with van der Waals surface area (Å²) >= 11 is 0. The van der Waals surface area contributed by atoms with Gasteiger partial charge in [-0.15, -0.1) is 0 Å². The van der Waals surface area contributed by atoms with Crippen LogP contribution in [0.4, 0.5) is 23.7 Å². The summed E-state index contributed by atoms with van der Waals surface area (Å²) in [4.78, 5) is 13.8. The Labute approximate surface area is 121 Å². The second-order valence-electron chi connectivity index (χ2n) is 5.61. The molecule has 0 aliphatic carbocycles. The third-order valence-corrected chi connectivity index (χ3v) is 3.52. The predicted molar refractivity (Wildman–Crippen MR) is 74.1 cm³/mol. The van der Waals surface area contributed by atoms with Crippen molar-refractivity contribution in [3.8, 4) is 0 Å². The fourth-order valence-corrected chi connectivity index (χ4v) is 2.38. The van der Waals surface area contributed by atoms with E-state index in [1.54, 1.807) is 4.90 Å². The average Bonchev–Trinajstić information content (AvgIpc) is 2.37. The molecule has 0 spiro atoms. The topological polar surface area (TPSA) is 44.4 Å². The number of carbonyl (C=O) groups excluding carboxylic acids is 1. The second kappa shape index (κ2) is 5.55. The Balaban J connectivity index is 2.20. The number of rotatable bonds is 1. The van der Waals surface area contributed by atoms with Gasteiger partial charge in [-0.05, 0) is 26.0 Å². The fraction of sp³-hybridized carbons (Fsp3) is 0.500. The maximum atomic E-state index is 12.9. The van der Waals surface area contributed by atoms with E-state index in [9.17, 15) is 18.0 Å². The number of benzene rings is 1. The molecule has 2 N–H and O–H groups in total. The van der Waals surface area contributed by atoms with Gasteiger partial charge >= 0.3 is 12.2 Å². The first-order valence-electron chi connectivity index (χ1n) is 6.67. The number of hydrogen-bond acceptors (Lipinski definition) is 2. The van der Waals surface area contributed by atoms with E-state index >= 15 is 0 Å². The predicted octanol–water partition coefficient (Wildman–Crippen LogP) is 2.92. The first kappa shape index (κ1) is 15.6. The molecule has 7 heteroatoms. The van der Waals surface area contributed by atoms with Crippen molar-refractivity contribution >= 4 is 11.7 Å². The molecule has 1 heterocycles. The SMILES string of the molecule is CC1(C)CNCCN1C(=O)Nc1ccccc1C(F)(F)F. The lowest BCUT2D eigenvalue weighted by molar-refractivity contribution is -0.136. The standard InChI is InChI=1S/C14H18F3N3O/c1-13(2)9-18-7-8-20(13)12(21)19-11-6-4-3-5-10(11)14(15,16)17/h3-6,18H,7-9H2,1-2H3,(H,19,21). The number of halogens is 3. The molecule has 116 valence electrons. The van der Waals surface area contributed by atoms with Gasteiger partial charge in [-0.1, -0.05) is 12.1 Å².